The van der Waals surface area contributed by atoms with Gasteiger partial charge in [0.15, 0.2) is 0 Å². The van der Waals surface area contributed by atoms with Gasteiger partial charge in [0.1, 0.15) is 0 Å². The number of piperidine rings is 1. The first-order chi connectivity index (χ1) is 8.69. The van der Waals surface area contributed by atoms with Crippen LogP contribution in [0.5, 0.6) is 0 Å². The largest absolute Gasteiger partial charge is 0.396 e. The van der Waals surface area contributed by atoms with Crippen LogP contribution in [0.2, 0.25) is 5.02 Å². The minimum atomic E-state index is 0.147. The van der Waals surface area contributed by atoms with E-state index in [1.54, 1.807) is 0 Å². The standard InChI is InChI=1S/C14H18ClNO2/c15-13-3-1-2-12(8-13)9-14(18)16-6-4-11(10-17)5-7-16/h1-3,8,11,17H,4-7,9-10H2. The molecule has 0 unspecified atom stereocenters. The molecule has 1 aliphatic heterocycles. The van der Waals surface area contributed by atoms with Crippen LogP contribution in [0.25, 0.3) is 0 Å². The molecule has 2 rings (SSSR count). The highest BCUT2D eigenvalue weighted by Crippen LogP contribution is 2.18. The molecule has 1 aromatic carbocycles. The zero-order valence-corrected chi connectivity index (χ0v) is 11.1. The van der Waals surface area contributed by atoms with Crippen molar-refractivity contribution >= 4 is 17.5 Å². The Labute approximate surface area is 112 Å². The van der Waals surface area contributed by atoms with Gasteiger partial charge in [-0.3, -0.25) is 4.79 Å². The van der Waals surface area contributed by atoms with Crippen LogP contribution < -0.4 is 0 Å². The second kappa shape index (κ2) is 6.21. The molecule has 1 N–H and O–H groups in total. The highest BCUT2D eigenvalue weighted by molar-refractivity contribution is 6.30. The lowest BCUT2D eigenvalue weighted by Gasteiger charge is -2.31. The van der Waals surface area contributed by atoms with Crippen molar-refractivity contribution in [2.24, 2.45) is 5.92 Å². The summed E-state index contributed by atoms with van der Waals surface area (Å²) in [4.78, 5) is 14.0. The van der Waals surface area contributed by atoms with E-state index in [0.717, 1.165) is 31.5 Å². The summed E-state index contributed by atoms with van der Waals surface area (Å²) >= 11 is 5.90. The van der Waals surface area contributed by atoms with Gasteiger partial charge in [-0.15, -0.1) is 0 Å². The van der Waals surface area contributed by atoms with Crippen molar-refractivity contribution in [3.63, 3.8) is 0 Å². The van der Waals surface area contributed by atoms with E-state index < -0.39 is 0 Å². The molecule has 3 nitrogen and oxygen atoms in total. The van der Waals surface area contributed by atoms with Crippen LogP contribution in [0.3, 0.4) is 0 Å². The van der Waals surface area contributed by atoms with E-state index in [0.29, 0.717) is 17.4 Å². The molecule has 18 heavy (non-hydrogen) atoms. The van der Waals surface area contributed by atoms with Crippen LogP contribution in [0.15, 0.2) is 24.3 Å². The van der Waals surface area contributed by atoms with Crippen LogP contribution >= 0.6 is 11.6 Å². The third-order valence-corrected chi connectivity index (χ3v) is 3.70. The van der Waals surface area contributed by atoms with Crippen molar-refractivity contribution in [1.29, 1.82) is 0 Å². The van der Waals surface area contributed by atoms with Crippen LogP contribution in [-0.2, 0) is 11.2 Å². The lowest BCUT2D eigenvalue weighted by Crippen LogP contribution is -2.40. The molecule has 0 atom stereocenters. The smallest absolute Gasteiger partial charge is 0.226 e. The Morgan fingerprint density at radius 1 is 1.39 bits per heavy atom. The number of carbonyl (C=O) groups excluding carboxylic acids is 1. The quantitative estimate of drug-likeness (QED) is 0.911. The molecule has 0 aliphatic carbocycles. The third-order valence-electron chi connectivity index (χ3n) is 3.47. The van der Waals surface area contributed by atoms with Gasteiger partial charge < -0.3 is 10.0 Å². The minimum Gasteiger partial charge on any atom is -0.396 e. The molecule has 0 spiro atoms. The molecule has 0 radical (unpaired) electrons. The number of rotatable bonds is 3. The molecule has 1 fully saturated rings. The maximum absolute atomic E-state index is 12.1. The topological polar surface area (TPSA) is 40.5 Å². The fourth-order valence-electron chi connectivity index (χ4n) is 2.30. The number of amides is 1. The van der Waals surface area contributed by atoms with Crippen LogP contribution in [0.1, 0.15) is 18.4 Å². The number of aliphatic hydroxyl groups is 1. The van der Waals surface area contributed by atoms with Crippen LogP contribution in [0, 0.1) is 5.92 Å². The van der Waals surface area contributed by atoms with E-state index in [-0.39, 0.29) is 12.5 Å². The summed E-state index contributed by atoms with van der Waals surface area (Å²) in [7, 11) is 0. The van der Waals surface area contributed by atoms with E-state index >= 15 is 0 Å². The number of hydrogen-bond donors (Lipinski definition) is 1. The second-order valence-corrected chi connectivity index (χ2v) is 5.25. The Kier molecular flexibility index (Phi) is 4.61. The molecule has 0 aromatic heterocycles. The average Bonchev–Trinajstić information content (AvgIpc) is 2.39. The molecule has 98 valence electrons. The van der Waals surface area contributed by atoms with E-state index in [1.807, 2.05) is 29.2 Å². The lowest BCUT2D eigenvalue weighted by atomic mass is 9.97. The molecule has 0 saturated carbocycles. The number of likely N-dealkylation sites (tertiary alicyclic amines) is 1. The highest BCUT2D eigenvalue weighted by Gasteiger charge is 2.22. The number of hydrogen-bond acceptors (Lipinski definition) is 2. The number of benzene rings is 1. The van der Waals surface area contributed by atoms with E-state index in [4.69, 9.17) is 16.7 Å². The van der Waals surface area contributed by atoms with Gasteiger partial charge >= 0.3 is 0 Å². The minimum absolute atomic E-state index is 0.147. The second-order valence-electron chi connectivity index (χ2n) is 4.81. The summed E-state index contributed by atoms with van der Waals surface area (Å²) in [6, 6.07) is 7.43. The summed E-state index contributed by atoms with van der Waals surface area (Å²) in [6.45, 7) is 1.74. The first-order valence-electron chi connectivity index (χ1n) is 6.32. The fourth-order valence-corrected chi connectivity index (χ4v) is 2.51. The van der Waals surface area contributed by atoms with Crippen LogP contribution in [0.4, 0.5) is 0 Å². The van der Waals surface area contributed by atoms with Crippen LogP contribution in [-0.4, -0.2) is 35.6 Å². The van der Waals surface area contributed by atoms with E-state index in [9.17, 15) is 4.79 Å². The summed E-state index contributed by atoms with van der Waals surface area (Å²) in [5.41, 5.74) is 0.955. The average molecular weight is 268 g/mol. The van der Waals surface area contributed by atoms with E-state index in [2.05, 4.69) is 0 Å². The molecule has 1 heterocycles. The van der Waals surface area contributed by atoms with Gasteiger partial charge in [0, 0.05) is 24.7 Å². The normalized spacial score (nSPS) is 16.9. The van der Waals surface area contributed by atoms with Crippen molar-refractivity contribution in [3.8, 4) is 0 Å². The lowest BCUT2D eigenvalue weighted by molar-refractivity contribution is -0.132. The maximum atomic E-state index is 12.1. The Morgan fingerprint density at radius 2 is 2.11 bits per heavy atom. The Balaban J connectivity index is 1.89. The van der Waals surface area contributed by atoms with Crippen molar-refractivity contribution in [2.45, 2.75) is 19.3 Å². The Morgan fingerprint density at radius 3 is 2.72 bits per heavy atom. The van der Waals surface area contributed by atoms with E-state index in [1.165, 1.54) is 0 Å². The predicted octanol–water partition coefficient (Wildman–Crippen LogP) is 2.11. The SMILES string of the molecule is O=C(Cc1cccc(Cl)c1)N1CCC(CO)CC1. The number of nitrogens with zero attached hydrogens (tertiary/aromatic N) is 1. The van der Waals surface area contributed by atoms with Crippen molar-refractivity contribution in [2.75, 3.05) is 19.7 Å². The van der Waals surface area contributed by atoms with Gasteiger partial charge in [-0.2, -0.15) is 0 Å². The number of carbonyl (C=O) groups is 1. The Bertz CT molecular complexity index is 414. The molecule has 4 heteroatoms. The molecule has 0 bridgehead atoms. The third kappa shape index (κ3) is 3.47. The molecule has 1 aliphatic rings. The Hall–Kier alpha value is -1.06. The highest BCUT2D eigenvalue weighted by atomic mass is 35.5. The number of aliphatic hydroxyl groups excluding tert-OH is 1. The first kappa shape index (κ1) is 13.4. The molecular weight excluding hydrogens is 250 g/mol. The fraction of sp³-hybridized carbons (Fsp3) is 0.500. The first-order valence-corrected chi connectivity index (χ1v) is 6.70. The summed E-state index contributed by atoms with van der Waals surface area (Å²) in [6.07, 6.45) is 2.21. The number of halogens is 1. The molecular formula is C14H18ClNO2. The maximum Gasteiger partial charge on any atom is 0.226 e. The van der Waals surface area contributed by atoms with Gasteiger partial charge in [-0.25, -0.2) is 0 Å². The van der Waals surface area contributed by atoms with Gasteiger partial charge in [0.2, 0.25) is 5.91 Å². The molecule has 1 saturated heterocycles. The predicted molar refractivity (Wildman–Crippen MR) is 71.5 cm³/mol. The van der Waals surface area contributed by atoms with Gasteiger partial charge in [0.05, 0.1) is 6.42 Å². The molecule has 1 amide bonds. The van der Waals surface area contributed by atoms with Crippen molar-refractivity contribution in [3.05, 3.63) is 34.9 Å². The van der Waals surface area contributed by atoms with Gasteiger partial charge in [-0.1, -0.05) is 23.7 Å². The molecule has 1 aromatic rings. The summed E-state index contributed by atoms with van der Waals surface area (Å²) < 4.78 is 0. The zero-order chi connectivity index (χ0) is 13.0. The van der Waals surface area contributed by atoms with Gasteiger partial charge in [0.25, 0.3) is 0 Å². The monoisotopic (exact) mass is 267 g/mol. The zero-order valence-electron chi connectivity index (χ0n) is 10.3. The summed E-state index contributed by atoms with van der Waals surface area (Å²) in [5.74, 6) is 0.508. The van der Waals surface area contributed by atoms with Gasteiger partial charge in [-0.05, 0) is 36.5 Å². The van der Waals surface area contributed by atoms with Crippen molar-refractivity contribution in [1.82, 2.24) is 4.90 Å². The van der Waals surface area contributed by atoms with Crippen molar-refractivity contribution < 1.29 is 9.90 Å². The summed E-state index contributed by atoms with van der Waals surface area (Å²) in [5, 5.41) is 9.73.